The van der Waals surface area contributed by atoms with Crippen LogP contribution in [0.3, 0.4) is 0 Å². The number of anilines is 1. The van der Waals surface area contributed by atoms with Gasteiger partial charge in [0.25, 0.3) is 5.91 Å². The van der Waals surface area contributed by atoms with Crippen molar-refractivity contribution in [2.45, 2.75) is 26.2 Å². The number of methoxy groups -OCH3 is 1. The van der Waals surface area contributed by atoms with Crippen molar-refractivity contribution in [3.8, 4) is 0 Å². The molecule has 1 aromatic heterocycles. The molecule has 1 amide bonds. The van der Waals surface area contributed by atoms with Gasteiger partial charge < -0.3 is 15.4 Å². The summed E-state index contributed by atoms with van der Waals surface area (Å²) in [6, 6.07) is 3.48. The first-order valence-electron chi connectivity index (χ1n) is 6.75. The summed E-state index contributed by atoms with van der Waals surface area (Å²) < 4.78 is 4.89. The number of pyridine rings is 1. The lowest BCUT2D eigenvalue weighted by Crippen LogP contribution is -2.27. The first kappa shape index (κ1) is 15.4. The second kappa shape index (κ2) is 9.33. The summed E-state index contributed by atoms with van der Waals surface area (Å²) in [6.45, 7) is 4.08. The van der Waals surface area contributed by atoms with Crippen LogP contribution in [-0.2, 0) is 4.74 Å². The highest BCUT2D eigenvalue weighted by molar-refractivity contribution is 5.94. The van der Waals surface area contributed by atoms with Gasteiger partial charge in [-0.2, -0.15) is 0 Å². The summed E-state index contributed by atoms with van der Waals surface area (Å²) in [5.41, 5.74) is 0.615. The van der Waals surface area contributed by atoms with Crippen molar-refractivity contribution in [1.29, 1.82) is 0 Å². The van der Waals surface area contributed by atoms with E-state index in [9.17, 15) is 4.79 Å². The van der Waals surface area contributed by atoms with Crippen LogP contribution in [-0.4, -0.2) is 37.7 Å². The van der Waals surface area contributed by atoms with Gasteiger partial charge in [0, 0.05) is 32.0 Å². The number of rotatable bonds is 9. The Morgan fingerprint density at radius 3 is 2.95 bits per heavy atom. The molecular formula is C14H23N3O2. The fourth-order valence-corrected chi connectivity index (χ4v) is 1.63. The van der Waals surface area contributed by atoms with E-state index < -0.39 is 0 Å². The average molecular weight is 265 g/mol. The molecule has 5 nitrogen and oxygen atoms in total. The molecule has 0 aromatic carbocycles. The summed E-state index contributed by atoms with van der Waals surface area (Å²) in [4.78, 5) is 16.0. The Morgan fingerprint density at radius 1 is 1.37 bits per heavy atom. The van der Waals surface area contributed by atoms with Crippen molar-refractivity contribution >= 4 is 11.7 Å². The molecule has 0 radical (unpaired) electrons. The van der Waals surface area contributed by atoms with Gasteiger partial charge in [-0.25, -0.2) is 4.98 Å². The van der Waals surface area contributed by atoms with E-state index in [2.05, 4.69) is 22.5 Å². The van der Waals surface area contributed by atoms with E-state index in [-0.39, 0.29) is 5.91 Å². The highest BCUT2D eigenvalue weighted by Gasteiger charge is 2.05. The van der Waals surface area contributed by atoms with Crippen LogP contribution in [0.1, 0.15) is 36.5 Å². The quantitative estimate of drug-likeness (QED) is 0.671. The van der Waals surface area contributed by atoms with Gasteiger partial charge >= 0.3 is 0 Å². The Morgan fingerprint density at radius 2 is 2.21 bits per heavy atom. The van der Waals surface area contributed by atoms with Crippen molar-refractivity contribution in [2.24, 2.45) is 0 Å². The molecule has 0 aliphatic rings. The molecule has 1 heterocycles. The molecule has 0 fully saturated rings. The molecule has 2 N–H and O–H groups in total. The molecule has 0 saturated carbocycles. The fraction of sp³-hybridized carbons (Fsp3) is 0.571. The highest BCUT2D eigenvalue weighted by Crippen LogP contribution is 2.07. The molecule has 0 bridgehead atoms. The third-order valence-corrected chi connectivity index (χ3v) is 2.70. The molecule has 0 spiro atoms. The number of aromatic nitrogens is 1. The van der Waals surface area contributed by atoms with Gasteiger partial charge in [-0.15, -0.1) is 0 Å². The van der Waals surface area contributed by atoms with Crippen LogP contribution in [0.4, 0.5) is 5.82 Å². The standard InChI is InChI=1S/C14H23N3O2/c1-3-4-5-7-15-13-11-12(6-8-16-13)14(18)17-9-10-19-2/h6,8,11H,3-5,7,9-10H2,1-2H3,(H,15,16)(H,17,18). The third kappa shape index (κ3) is 6.20. The number of carbonyl (C=O) groups excluding carboxylic acids is 1. The molecule has 0 atom stereocenters. The molecule has 1 aromatic rings. The normalized spacial score (nSPS) is 10.2. The van der Waals surface area contributed by atoms with Gasteiger partial charge in [0.15, 0.2) is 0 Å². The maximum Gasteiger partial charge on any atom is 0.251 e. The Kier molecular flexibility index (Phi) is 7.58. The maximum absolute atomic E-state index is 11.8. The van der Waals surface area contributed by atoms with E-state index in [1.54, 1.807) is 25.4 Å². The van der Waals surface area contributed by atoms with E-state index in [4.69, 9.17) is 4.74 Å². The molecule has 0 saturated heterocycles. The smallest absolute Gasteiger partial charge is 0.251 e. The zero-order chi connectivity index (χ0) is 13.9. The Labute approximate surface area is 114 Å². The second-order valence-corrected chi connectivity index (χ2v) is 4.31. The van der Waals surface area contributed by atoms with Crippen molar-refractivity contribution in [3.05, 3.63) is 23.9 Å². The van der Waals surface area contributed by atoms with Gasteiger partial charge in [0.05, 0.1) is 6.61 Å². The summed E-state index contributed by atoms with van der Waals surface area (Å²) in [5, 5.41) is 6.01. The summed E-state index contributed by atoms with van der Waals surface area (Å²) >= 11 is 0. The van der Waals surface area contributed by atoms with Crippen molar-refractivity contribution in [3.63, 3.8) is 0 Å². The number of nitrogens with zero attached hydrogens (tertiary/aromatic N) is 1. The third-order valence-electron chi connectivity index (χ3n) is 2.70. The number of hydrogen-bond acceptors (Lipinski definition) is 4. The van der Waals surface area contributed by atoms with Crippen molar-refractivity contribution in [2.75, 3.05) is 32.1 Å². The van der Waals surface area contributed by atoms with Crippen LogP contribution in [0.2, 0.25) is 0 Å². The number of carbonyl (C=O) groups is 1. The SMILES string of the molecule is CCCCCNc1cc(C(=O)NCCOC)ccn1. The number of hydrogen-bond donors (Lipinski definition) is 2. The van der Waals surface area contributed by atoms with Crippen LogP contribution in [0, 0.1) is 0 Å². The zero-order valence-corrected chi connectivity index (χ0v) is 11.7. The van der Waals surface area contributed by atoms with E-state index in [1.165, 1.54) is 12.8 Å². The van der Waals surface area contributed by atoms with Crippen LogP contribution >= 0.6 is 0 Å². The monoisotopic (exact) mass is 265 g/mol. The number of nitrogens with one attached hydrogen (secondary N) is 2. The molecule has 1 rings (SSSR count). The van der Waals surface area contributed by atoms with Crippen LogP contribution in [0.15, 0.2) is 18.3 Å². The molecule has 106 valence electrons. The zero-order valence-electron chi connectivity index (χ0n) is 11.7. The van der Waals surface area contributed by atoms with Crippen LogP contribution in [0.25, 0.3) is 0 Å². The van der Waals surface area contributed by atoms with Gasteiger partial charge in [-0.1, -0.05) is 19.8 Å². The molecule has 5 heteroatoms. The molecule has 19 heavy (non-hydrogen) atoms. The maximum atomic E-state index is 11.8. The number of unbranched alkanes of at least 4 members (excludes halogenated alkanes) is 2. The molecule has 0 unspecified atom stereocenters. The molecule has 0 aliphatic heterocycles. The summed E-state index contributed by atoms with van der Waals surface area (Å²) in [7, 11) is 1.61. The fourth-order valence-electron chi connectivity index (χ4n) is 1.63. The first-order chi connectivity index (χ1) is 9.27. The van der Waals surface area contributed by atoms with Gasteiger partial charge in [-0.3, -0.25) is 4.79 Å². The minimum atomic E-state index is -0.101. The molecular weight excluding hydrogens is 242 g/mol. The van der Waals surface area contributed by atoms with E-state index in [0.29, 0.717) is 18.7 Å². The van der Waals surface area contributed by atoms with Gasteiger partial charge in [-0.05, 0) is 18.6 Å². The second-order valence-electron chi connectivity index (χ2n) is 4.31. The van der Waals surface area contributed by atoms with Crippen molar-refractivity contribution in [1.82, 2.24) is 10.3 Å². The predicted octanol–water partition coefficient (Wildman–Crippen LogP) is 2.06. The Hall–Kier alpha value is -1.62. The first-order valence-corrected chi connectivity index (χ1v) is 6.75. The van der Waals surface area contributed by atoms with Crippen LogP contribution in [0.5, 0.6) is 0 Å². The lowest BCUT2D eigenvalue weighted by Gasteiger charge is -2.08. The topological polar surface area (TPSA) is 63.2 Å². The number of ether oxygens (including phenoxy) is 1. The lowest BCUT2D eigenvalue weighted by molar-refractivity contribution is 0.0937. The largest absolute Gasteiger partial charge is 0.383 e. The number of amides is 1. The average Bonchev–Trinajstić information content (AvgIpc) is 2.44. The lowest BCUT2D eigenvalue weighted by atomic mass is 10.2. The van der Waals surface area contributed by atoms with E-state index >= 15 is 0 Å². The van der Waals surface area contributed by atoms with Gasteiger partial charge in [0.2, 0.25) is 0 Å². The van der Waals surface area contributed by atoms with E-state index in [1.807, 2.05) is 0 Å². The molecule has 0 aliphatic carbocycles. The summed E-state index contributed by atoms with van der Waals surface area (Å²) in [6.07, 6.45) is 5.15. The van der Waals surface area contributed by atoms with Crippen molar-refractivity contribution < 1.29 is 9.53 Å². The minimum absolute atomic E-state index is 0.101. The Balaban J connectivity index is 2.44. The van der Waals surface area contributed by atoms with Crippen LogP contribution < -0.4 is 10.6 Å². The Bertz CT molecular complexity index is 383. The van der Waals surface area contributed by atoms with E-state index in [0.717, 1.165) is 18.8 Å². The highest BCUT2D eigenvalue weighted by atomic mass is 16.5. The predicted molar refractivity (Wildman–Crippen MR) is 76.5 cm³/mol. The minimum Gasteiger partial charge on any atom is -0.383 e. The summed E-state index contributed by atoms with van der Waals surface area (Å²) in [5.74, 6) is 0.645. The van der Waals surface area contributed by atoms with Gasteiger partial charge in [0.1, 0.15) is 5.82 Å².